The molecule has 0 saturated carbocycles. The Bertz CT molecular complexity index is 1110. The molecule has 4 rings (SSSR count). The Morgan fingerprint density at radius 1 is 1.28 bits per heavy atom. The minimum atomic E-state index is -0.560. The molecule has 1 aliphatic heterocycles. The van der Waals surface area contributed by atoms with E-state index in [0.29, 0.717) is 24.2 Å². The van der Waals surface area contributed by atoms with E-state index in [-0.39, 0.29) is 11.8 Å². The van der Waals surface area contributed by atoms with Crippen LogP contribution in [0, 0.1) is 5.82 Å². The summed E-state index contributed by atoms with van der Waals surface area (Å²) in [4.78, 5) is 14.2. The van der Waals surface area contributed by atoms with Crippen molar-refractivity contribution in [1.82, 2.24) is 4.90 Å². The summed E-state index contributed by atoms with van der Waals surface area (Å²) in [7, 11) is 1.64. The SMILES string of the molecule is CCCN(CCCc1coc2c(OC)cccc12)C1COc2c(F)ccc(C(N)=O)c2C1. The standard InChI is InChI=1S/C25H29FN2O4/c1-3-11-28(12-5-6-16-14-31-24-18(16)7-4-8-22(24)30-2)17-13-20-19(25(27)29)9-10-21(26)23(20)32-15-17/h4,7-10,14,17H,3,5-6,11-13,15H2,1-2H3,(H2,27,29). The molecule has 0 aliphatic carbocycles. The second-order valence-electron chi connectivity index (χ2n) is 8.17. The highest BCUT2D eigenvalue weighted by molar-refractivity contribution is 5.95. The number of methoxy groups -OCH3 is 1. The highest BCUT2D eigenvalue weighted by atomic mass is 19.1. The van der Waals surface area contributed by atoms with Crippen LogP contribution in [0.1, 0.15) is 41.3 Å². The number of carbonyl (C=O) groups excluding carboxylic acids is 1. The highest BCUT2D eigenvalue weighted by Crippen LogP contribution is 2.33. The van der Waals surface area contributed by atoms with Crippen LogP contribution in [0.3, 0.4) is 0 Å². The Hall–Kier alpha value is -3.06. The number of halogens is 1. The van der Waals surface area contributed by atoms with Crippen LogP contribution in [0.25, 0.3) is 11.0 Å². The van der Waals surface area contributed by atoms with E-state index in [1.807, 2.05) is 18.2 Å². The third kappa shape index (κ3) is 4.30. The van der Waals surface area contributed by atoms with Crippen molar-refractivity contribution in [3.05, 3.63) is 59.1 Å². The first-order valence-corrected chi connectivity index (χ1v) is 11.0. The number of aryl methyl sites for hydroxylation is 1. The molecule has 6 nitrogen and oxygen atoms in total. The summed E-state index contributed by atoms with van der Waals surface area (Å²) in [6.07, 6.45) is 5.13. The van der Waals surface area contributed by atoms with Crippen LogP contribution in [0.15, 0.2) is 41.0 Å². The van der Waals surface area contributed by atoms with E-state index in [4.69, 9.17) is 19.6 Å². The lowest BCUT2D eigenvalue weighted by atomic mass is 9.95. The molecule has 170 valence electrons. The number of ether oxygens (including phenoxy) is 2. The van der Waals surface area contributed by atoms with Crippen molar-refractivity contribution in [2.45, 2.75) is 38.6 Å². The van der Waals surface area contributed by atoms with Crippen LogP contribution in [0.2, 0.25) is 0 Å². The Morgan fingerprint density at radius 3 is 2.88 bits per heavy atom. The normalized spacial score (nSPS) is 15.6. The maximum absolute atomic E-state index is 14.2. The summed E-state index contributed by atoms with van der Waals surface area (Å²) < 4.78 is 31.1. The van der Waals surface area contributed by atoms with Gasteiger partial charge in [-0.3, -0.25) is 9.69 Å². The van der Waals surface area contributed by atoms with Gasteiger partial charge in [0.05, 0.1) is 13.4 Å². The van der Waals surface area contributed by atoms with E-state index in [9.17, 15) is 9.18 Å². The largest absolute Gasteiger partial charge is 0.493 e. The van der Waals surface area contributed by atoms with Crippen molar-refractivity contribution in [2.24, 2.45) is 5.73 Å². The summed E-state index contributed by atoms with van der Waals surface area (Å²) in [5, 5.41) is 1.07. The third-order valence-corrected chi connectivity index (χ3v) is 6.12. The molecule has 7 heteroatoms. The van der Waals surface area contributed by atoms with Gasteiger partial charge >= 0.3 is 0 Å². The minimum absolute atomic E-state index is 0.0588. The molecular formula is C25H29FN2O4. The lowest BCUT2D eigenvalue weighted by Gasteiger charge is -2.35. The number of benzene rings is 2. The van der Waals surface area contributed by atoms with Crippen LogP contribution < -0.4 is 15.2 Å². The number of hydrogen-bond donors (Lipinski definition) is 1. The topological polar surface area (TPSA) is 77.9 Å². The zero-order valence-corrected chi connectivity index (χ0v) is 18.5. The third-order valence-electron chi connectivity index (χ3n) is 6.12. The van der Waals surface area contributed by atoms with Gasteiger partial charge in [-0.25, -0.2) is 4.39 Å². The first kappa shape index (κ1) is 22.1. The number of amides is 1. The summed E-state index contributed by atoms with van der Waals surface area (Å²) in [6.45, 7) is 4.27. The fraction of sp³-hybridized carbons (Fsp3) is 0.400. The van der Waals surface area contributed by atoms with E-state index in [0.717, 1.165) is 54.6 Å². The molecule has 0 fully saturated rings. The van der Waals surface area contributed by atoms with E-state index >= 15 is 0 Å². The van der Waals surface area contributed by atoms with Gasteiger partial charge in [-0.15, -0.1) is 0 Å². The van der Waals surface area contributed by atoms with E-state index < -0.39 is 11.7 Å². The lowest BCUT2D eigenvalue weighted by Crippen LogP contribution is -2.44. The van der Waals surface area contributed by atoms with Crippen LogP contribution in [-0.2, 0) is 12.8 Å². The van der Waals surface area contributed by atoms with Crippen molar-refractivity contribution < 1.29 is 23.1 Å². The molecule has 0 bridgehead atoms. The Labute approximate surface area is 187 Å². The summed E-state index contributed by atoms with van der Waals surface area (Å²) in [5.41, 5.74) is 8.35. The average molecular weight is 441 g/mol. The maximum Gasteiger partial charge on any atom is 0.249 e. The maximum atomic E-state index is 14.2. The Morgan fingerprint density at radius 2 is 2.12 bits per heavy atom. The monoisotopic (exact) mass is 440 g/mol. The van der Waals surface area contributed by atoms with Gasteiger partial charge in [0.25, 0.3) is 0 Å². The van der Waals surface area contributed by atoms with Gasteiger partial charge in [0.1, 0.15) is 6.61 Å². The van der Waals surface area contributed by atoms with Gasteiger partial charge in [0.2, 0.25) is 5.91 Å². The Kier molecular flexibility index (Phi) is 6.65. The van der Waals surface area contributed by atoms with Crippen LogP contribution in [-0.4, -0.2) is 43.7 Å². The number of primary amides is 1. The van der Waals surface area contributed by atoms with Crippen LogP contribution in [0.4, 0.5) is 4.39 Å². The molecule has 2 aromatic carbocycles. The van der Waals surface area contributed by atoms with Crippen molar-refractivity contribution in [1.29, 1.82) is 0 Å². The molecule has 1 amide bonds. The van der Waals surface area contributed by atoms with Gasteiger partial charge in [0, 0.05) is 22.6 Å². The fourth-order valence-electron chi connectivity index (χ4n) is 4.57. The average Bonchev–Trinajstić information content (AvgIpc) is 3.21. The summed E-state index contributed by atoms with van der Waals surface area (Å²) in [5.74, 6) is -0.118. The number of nitrogens with zero attached hydrogens (tertiary/aromatic N) is 1. The summed E-state index contributed by atoms with van der Waals surface area (Å²) >= 11 is 0. The van der Waals surface area contributed by atoms with E-state index in [1.54, 1.807) is 13.4 Å². The molecular weight excluding hydrogens is 411 g/mol. The van der Waals surface area contributed by atoms with Crippen molar-refractivity contribution in [3.8, 4) is 11.5 Å². The number of nitrogens with two attached hydrogens (primary N) is 1. The zero-order chi connectivity index (χ0) is 22.7. The lowest BCUT2D eigenvalue weighted by molar-refractivity contribution is 0.0984. The van der Waals surface area contributed by atoms with Gasteiger partial charge < -0.3 is 19.6 Å². The molecule has 3 aromatic rings. The van der Waals surface area contributed by atoms with Gasteiger partial charge in [0.15, 0.2) is 22.9 Å². The number of fused-ring (bicyclic) bond motifs is 2. The first-order valence-electron chi connectivity index (χ1n) is 11.0. The number of carbonyl (C=O) groups is 1. The second kappa shape index (κ2) is 9.61. The predicted octanol–water partition coefficient (Wildman–Crippen LogP) is 4.33. The van der Waals surface area contributed by atoms with Crippen molar-refractivity contribution in [2.75, 3.05) is 26.8 Å². The number of furan rings is 1. The molecule has 2 heterocycles. The summed E-state index contributed by atoms with van der Waals surface area (Å²) in [6, 6.07) is 8.66. The predicted molar refractivity (Wildman–Crippen MR) is 121 cm³/mol. The van der Waals surface area contributed by atoms with Crippen molar-refractivity contribution in [3.63, 3.8) is 0 Å². The number of rotatable bonds is 9. The number of hydrogen-bond acceptors (Lipinski definition) is 5. The van der Waals surface area contributed by atoms with Crippen molar-refractivity contribution >= 4 is 16.9 Å². The highest BCUT2D eigenvalue weighted by Gasteiger charge is 2.30. The van der Waals surface area contributed by atoms with E-state index in [2.05, 4.69) is 11.8 Å². The smallest absolute Gasteiger partial charge is 0.249 e. The van der Waals surface area contributed by atoms with Crippen LogP contribution in [0.5, 0.6) is 11.5 Å². The van der Waals surface area contributed by atoms with Crippen LogP contribution >= 0.6 is 0 Å². The molecule has 1 aromatic heterocycles. The first-order chi connectivity index (χ1) is 15.5. The minimum Gasteiger partial charge on any atom is -0.493 e. The molecule has 1 unspecified atom stereocenters. The second-order valence-corrected chi connectivity index (χ2v) is 8.17. The molecule has 0 saturated heterocycles. The molecule has 0 spiro atoms. The fourth-order valence-corrected chi connectivity index (χ4v) is 4.57. The van der Waals surface area contributed by atoms with Gasteiger partial charge in [-0.05, 0) is 62.5 Å². The molecule has 0 radical (unpaired) electrons. The van der Waals surface area contributed by atoms with E-state index in [1.165, 1.54) is 12.1 Å². The van der Waals surface area contributed by atoms with Gasteiger partial charge in [-0.1, -0.05) is 19.1 Å². The zero-order valence-electron chi connectivity index (χ0n) is 18.5. The molecule has 1 aliphatic rings. The molecule has 2 N–H and O–H groups in total. The van der Waals surface area contributed by atoms with Gasteiger partial charge in [-0.2, -0.15) is 0 Å². The quantitative estimate of drug-likeness (QED) is 0.536. The molecule has 32 heavy (non-hydrogen) atoms. The Balaban J connectivity index is 1.46. The molecule has 1 atom stereocenters. The number of para-hydroxylation sites is 1.